The minimum atomic E-state index is 0.230. The molecule has 0 aliphatic carbocycles. The van der Waals surface area contributed by atoms with Crippen molar-refractivity contribution in [2.45, 2.75) is 51.8 Å². The molecule has 0 N–H and O–H groups in total. The van der Waals surface area contributed by atoms with Gasteiger partial charge in [-0.3, -0.25) is 0 Å². The van der Waals surface area contributed by atoms with Gasteiger partial charge in [0.05, 0.1) is 0 Å². The van der Waals surface area contributed by atoms with E-state index in [1.54, 1.807) is 0 Å². The van der Waals surface area contributed by atoms with Crippen molar-refractivity contribution in [3.05, 3.63) is 35.9 Å². The Kier molecular flexibility index (Phi) is 5.34. The van der Waals surface area contributed by atoms with E-state index in [2.05, 4.69) is 51.1 Å². The fourth-order valence-electron chi connectivity index (χ4n) is 1.73. The predicted molar refractivity (Wildman–Crippen MR) is 73.1 cm³/mol. The summed E-state index contributed by atoms with van der Waals surface area (Å²) in [5.74, 6) is 0. The molecule has 0 aliphatic rings. The van der Waals surface area contributed by atoms with Gasteiger partial charge in [0.25, 0.3) is 0 Å². The van der Waals surface area contributed by atoms with E-state index < -0.39 is 0 Å². The van der Waals surface area contributed by atoms with Crippen LogP contribution in [0.4, 0.5) is 0 Å². The smallest absolute Gasteiger partial charge is 0.0384 e. The minimum Gasteiger partial charge on any atom is -0.122 e. The lowest BCUT2D eigenvalue weighted by molar-refractivity contribution is 0.366. The maximum absolute atomic E-state index is 6.34. The van der Waals surface area contributed by atoms with Gasteiger partial charge in [-0.25, -0.2) is 0 Å². The summed E-state index contributed by atoms with van der Waals surface area (Å²) in [6, 6.07) is 10.7. The topological polar surface area (TPSA) is 0 Å². The van der Waals surface area contributed by atoms with Crippen LogP contribution in [0, 0.1) is 5.41 Å². The highest BCUT2D eigenvalue weighted by atomic mass is 35.5. The van der Waals surface area contributed by atoms with Gasteiger partial charge in [0.1, 0.15) is 0 Å². The van der Waals surface area contributed by atoms with Crippen LogP contribution in [0.25, 0.3) is 0 Å². The molecule has 1 rings (SSSR count). The summed E-state index contributed by atoms with van der Waals surface area (Å²) in [7, 11) is 0. The molecular formula is C15H23Cl. The van der Waals surface area contributed by atoms with Gasteiger partial charge in [0.2, 0.25) is 0 Å². The number of halogens is 1. The Morgan fingerprint density at radius 3 is 2.25 bits per heavy atom. The second-order valence-corrected chi connectivity index (χ2v) is 6.09. The summed E-state index contributed by atoms with van der Waals surface area (Å²) in [4.78, 5) is 0. The number of hydrogen-bond acceptors (Lipinski definition) is 0. The van der Waals surface area contributed by atoms with Gasteiger partial charge in [-0.15, -0.1) is 11.6 Å². The molecule has 0 amide bonds. The molecule has 0 saturated carbocycles. The Bertz CT molecular complexity index is 284. The molecule has 16 heavy (non-hydrogen) atoms. The molecule has 0 aliphatic heterocycles. The maximum atomic E-state index is 6.34. The number of benzene rings is 1. The van der Waals surface area contributed by atoms with Crippen molar-refractivity contribution in [3.8, 4) is 0 Å². The average Bonchev–Trinajstić information content (AvgIpc) is 2.24. The van der Waals surface area contributed by atoms with Crippen LogP contribution in [-0.4, -0.2) is 5.38 Å². The molecule has 0 radical (unpaired) electrons. The standard InChI is InChI=1S/C15H23Cl/c1-15(2,3)14(16)12-8-7-11-13-9-5-4-6-10-13/h4-6,9-10,14H,7-8,11-12H2,1-3H3. The zero-order chi connectivity index (χ0) is 12.0. The fraction of sp³-hybridized carbons (Fsp3) is 0.600. The van der Waals surface area contributed by atoms with Crippen LogP contribution < -0.4 is 0 Å². The summed E-state index contributed by atoms with van der Waals surface area (Å²) < 4.78 is 0. The first-order valence-electron chi connectivity index (χ1n) is 6.18. The number of hydrogen-bond donors (Lipinski definition) is 0. The molecule has 1 atom stereocenters. The molecule has 1 aromatic rings. The van der Waals surface area contributed by atoms with Crippen LogP contribution in [0.5, 0.6) is 0 Å². The van der Waals surface area contributed by atoms with Crippen LogP contribution >= 0.6 is 11.6 Å². The van der Waals surface area contributed by atoms with E-state index in [4.69, 9.17) is 11.6 Å². The molecule has 0 fully saturated rings. The van der Waals surface area contributed by atoms with Crippen LogP contribution in [0.2, 0.25) is 0 Å². The molecule has 1 unspecified atom stereocenters. The van der Waals surface area contributed by atoms with Crippen molar-refractivity contribution < 1.29 is 0 Å². The second-order valence-electron chi connectivity index (χ2n) is 5.56. The van der Waals surface area contributed by atoms with E-state index in [0.29, 0.717) is 5.38 Å². The summed E-state index contributed by atoms with van der Waals surface area (Å²) in [5.41, 5.74) is 1.67. The van der Waals surface area contributed by atoms with Crippen LogP contribution in [0.15, 0.2) is 30.3 Å². The minimum absolute atomic E-state index is 0.230. The summed E-state index contributed by atoms with van der Waals surface area (Å²) in [6.07, 6.45) is 4.76. The van der Waals surface area contributed by atoms with Gasteiger partial charge < -0.3 is 0 Å². The Morgan fingerprint density at radius 2 is 1.69 bits per heavy atom. The van der Waals surface area contributed by atoms with Crippen LogP contribution in [-0.2, 0) is 6.42 Å². The van der Waals surface area contributed by atoms with Crippen LogP contribution in [0.3, 0.4) is 0 Å². The summed E-state index contributed by atoms with van der Waals surface area (Å²) in [5, 5.41) is 0.295. The van der Waals surface area contributed by atoms with Gasteiger partial charge in [-0.2, -0.15) is 0 Å². The highest BCUT2D eigenvalue weighted by Crippen LogP contribution is 2.28. The molecule has 0 aromatic heterocycles. The van der Waals surface area contributed by atoms with E-state index in [9.17, 15) is 0 Å². The quantitative estimate of drug-likeness (QED) is 0.497. The third-order valence-corrected chi connectivity index (χ3v) is 3.83. The third-order valence-electron chi connectivity index (χ3n) is 2.96. The Morgan fingerprint density at radius 1 is 1.06 bits per heavy atom. The number of alkyl halides is 1. The van der Waals surface area contributed by atoms with Crippen molar-refractivity contribution in [2.75, 3.05) is 0 Å². The second kappa shape index (κ2) is 6.30. The van der Waals surface area contributed by atoms with E-state index in [1.807, 2.05) is 0 Å². The average molecular weight is 239 g/mol. The molecule has 0 nitrogen and oxygen atoms in total. The Labute approximate surface area is 105 Å². The van der Waals surface area contributed by atoms with E-state index in [0.717, 1.165) is 6.42 Å². The highest BCUT2D eigenvalue weighted by molar-refractivity contribution is 6.21. The molecule has 0 spiro atoms. The van der Waals surface area contributed by atoms with Crippen molar-refractivity contribution >= 4 is 11.6 Å². The van der Waals surface area contributed by atoms with Gasteiger partial charge in [-0.1, -0.05) is 57.5 Å². The molecular weight excluding hydrogens is 216 g/mol. The number of unbranched alkanes of at least 4 members (excludes halogenated alkanes) is 1. The van der Waals surface area contributed by atoms with Crippen molar-refractivity contribution in [1.29, 1.82) is 0 Å². The van der Waals surface area contributed by atoms with E-state index >= 15 is 0 Å². The monoisotopic (exact) mass is 238 g/mol. The zero-order valence-corrected chi connectivity index (χ0v) is 11.4. The molecule has 1 heteroatoms. The number of rotatable bonds is 5. The fourth-order valence-corrected chi connectivity index (χ4v) is 1.88. The molecule has 90 valence electrons. The highest BCUT2D eigenvalue weighted by Gasteiger charge is 2.21. The number of aryl methyl sites for hydroxylation is 1. The van der Waals surface area contributed by atoms with E-state index in [-0.39, 0.29) is 5.41 Å². The predicted octanol–water partition coefficient (Wildman–Crippen LogP) is 5.05. The lowest BCUT2D eigenvalue weighted by Crippen LogP contribution is -2.20. The van der Waals surface area contributed by atoms with Crippen LogP contribution in [0.1, 0.15) is 45.6 Å². The van der Waals surface area contributed by atoms with Crippen molar-refractivity contribution in [1.82, 2.24) is 0 Å². The summed E-state index contributed by atoms with van der Waals surface area (Å²) >= 11 is 6.34. The molecule has 1 aromatic carbocycles. The first kappa shape index (κ1) is 13.6. The lowest BCUT2D eigenvalue weighted by atomic mass is 9.88. The summed E-state index contributed by atoms with van der Waals surface area (Å²) in [6.45, 7) is 6.63. The van der Waals surface area contributed by atoms with Gasteiger partial charge in [-0.05, 0) is 30.2 Å². The molecule has 0 saturated heterocycles. The maximum Gasteiger partial charge on any atom is 0.0384 e. The van der Waals surface area contributed by atoms with Gasteiger partial charge in [0, 0.05) is 5.38 Å². The normalized spacial score (nSPS) is 13.8. The largest absolute Gasteiger partial charge is 0.122 e. The molecule has 0 heterocycles. The first-order chi connectivity index (χ1) is 7.50. The Balaban J connectivity index is 2.18. The zero-order valence-electron chi connectivity index (χ0n) is 10.7. The lowest BCUT2D eigenvalue weighted by Gasteiger charge is -2.24. The van der Waals surface area contributed by atoms with Crippen molar-refractivity contribution in [3.63, 3.8) is 0 Å². The van der Waals surface area contributed by atoms with Gasteiger partial charge in [0.15, 0.2) is 0 Å². The first-order valence-corrected chi connectivity index (χ1v) is 6.62. The third kappa shape index (κ3) is 5.03. The molecule has 0 bridgehead atoms. The van der Waals surface area contributed by atoms with Crippen molar-refractivity contribution in [2.24, 2.45) is 5.41 Å². The van der Waals surface area contributed by atoms with Gasteiger partial charge >= 0.3 is 0 Å². The Hall–Kier alpha value is -0.490. The SMILES string of the molecule is CC(C)(C)C(Cl)CCCCc1ccccc1. The van der Waals surface area contributed by atoms with E-state index in [1.165, 1.54) is 24.8 Å².